The first kappa shape index (κ1) is 13.4. The van der Waals surface area contributed by atoms with E-state index in [2.05, 4.69) is 26.6 Å². The Kier molecular flexibility index (Phi) is 4.24. The Morgan fingerprint density at radius 2 is 2.11 bits per heavy atom. The van der Waals surface area contributed by atoms with Crippen LogP contribution in [0.2, 0.25) is 5.02 Å². The Bertz CT molecular complexity index is 489. The van der Waals surface area contributed by atoms with E-state index in [4.69, 9.17) is 11.6 Å². The van der Waals surface area contributed by atoms with Gasteiger partial charge >= 0.3 is 0 Å². The summed E-state index contributed by atoms with van der Waals surface area (Å²) < 4.78 is 0.652. The number of hydrogen-bond acceptors (Lipinski definition) is 2. The van der Waals surface area contributed by atoms with Crippen LogP contribution in [0.3, 0.4) is 0 Å². The largest absolute Gasteiger partial charge is 0.352 e. The molecule has 2 amide bonds. The van der Waals surface area contributed by atoms with E-state index in [9.17, 15) is 9.59 Å². The molecule has 1 aromatic carbocycles. The van der Waals surface area contributed by atoms with Crippen molar-refractivity contribution >= 4 is 39.3 Å². The van der Waals surface area contributed by atoms with Crippen molar-refractivity contribution in [2.24, 2.45) is 0 Å². The van der Waals surface area contributed by atoms with Crippen LogP contribution < -0.4 is 10.6 Å². The molecule has 6 heteroatoms. The van der Waals surface area contributed by atoms with Gasteiger partial charge in [0.1, 0.15) is 0 Å². The molecule has 18 heavy (non-hydrogen) atoms. The minimum Gasteiger partial charge on any atom is -0.352 e. The van der Waals surface area contributed by atoms with Gasteiger partial charge in [0.05, 0.1) is 17.1 Å². The lowest BCUT2D eigenvalue weighted by atomic mass is 10.2. The average molecular weight is 332 g/mol. The number of rotatable bonds is 4. The highest BCUT2D eigenvalue weighted by molar-refractivity contribution is 9.10. The van der Waals surface area contributed by atoms with Gasteiger partial charge in [-0.1, -0.05) is 17.7 Å². The molecule has 0 heterocycles. The van der Waals surface area contributed by atoms with Gasteiger partial charge in [0, 0.05) is 10.5 Å². The maximum absolute atomic E-state index is 11.8. The fourth-order valence-corrected chi connectivity index (χ4v) is 2.02. The molecule has 2 rings (SSSR count). The minimum atomic E-state index is -0.354. The van der Waals surface area contributed by atoms with Gasteiger partial charge in [0.25, 0.3) is 5.91 Å². The second-order valence-electron chi connectivity index (χ2n) is 4.13. The van der Waals surface area contributed by atoms with E-state index >= 15 is 0 Å². The second kappa shape index (κ2) is 5.71. The summed E-state index contributed by atoms with van der Waals surface area (Å²) in [6, 6.07) is 5.37. The first-order valence-corrected chi connectivity index (χ1v) is 6.76. The second-order valence-corrected chi connectivity index (χ2v) is 5.36. The van der Waals surface area contributed by atoms with Crippen molar-refractivity contribution in [1.29, 1.82) is 0 Å². The van der Waals surface area contributed by atoms with Crippen LogP contribution in [-0.4, -0.2) is 24.4 Å². The number of halogens is 2. The van der Waals surface area contributed by atoms with E-state index in [0.717, 1.165) is 12.8 Å². The molecule has 1 aliphatic carbocycles. The summed E-state index contributed by atoms with van der Waals surface area (Å²) in [4.78, 5) is 23.2. The van der Waals surface area contributed by atoms with Crippen LogP contribution in [0.1, 0.15) is 23.2 Å². The van der Waals surface area contributed by atoms with Crippen LogP contribution in [0.15, 0.2) is 22.7 Å². The summed E-state index contributed by atoms with van der Waals surface area (Å²) in [5.41, 5.74) is 0.352. The van der Waals surface area contributed by atoms with Crippen molar-refractivity contribution in [1.82, 2.24) is 10.6 Å². The highest BCUT2D eigenvalue weighted by Gasteiger charge is 2.23. The maximum atomic E-state index is 11.8. The lowest BCUT2D eigenvalue weighted by Gasteiger charge is -2.07. The van der Waals surface area contributed by atoms with E-state index in [1.807, 2.05) is 0 Å². The molecule has 0 unspecified atom stereocenters. The van der Waals surface area contributed by atoms with Crippen LogP contribution in [0.5, 0.6) is 0 Å². The summed E-state index contributed by atoms with van der Waals surface area (Å²) >= 11 is 9.23. The average Bonchev–Trinajstić information content (AvgIpc) is 3.13. The summed E-state index contributed by atoms with van der Waals surface area (Å²) in [6.45, 7) is -0.0296. The Balaban J connectivity index is 1.90. The standard InChI is InChI=1S/C12H12BrClN2O2/c13-9-3-1-2-8(11(9)14)12(18)15-6-10(17)16-7-4-5-7/h1-3,7H,4-6H2,(H,15,18)(H,16,17). The lowest BCUT2D eigenvalue weighted by molar-refractivity contribution is -0.120. The quantitative estimate of drug-likeness (QED) is 0.888. The predicted octanol–water partition coefficient (Wildman–Crippen LogP) is 2.11. The first-order chi connectivity index (χ1) is 8.58. The molecule has 1 saturated carbocycles. The van der Waals surface area contributed by atoms with Crippen molar-refractivity contribution in [2.45, 2.75) is 18.9 Å². The molecule has 0 radical (unpaired) electrons. The molecule has 4 nitrogen and oxygen atoms in total. The Hall–Kier alpha value is -1.07. The van der Waals surface area contributed by atoms with Crippen LogP contribution in [0.4, 0.5) is 0 Å². The lowest BCUT2D eigenvalue weighted by Crippen LogP contribution is -2.37. The SMILES string of the molecule is O=C(CNC(=O)c1cccc(Br)c1Cl)NC1CC1. The zero-order valence-corrected chi connectivity index (χ0v) is 11.8. The van der Waals surface area contributed by atoms with E-state index in [1.54, 1.807) is 18.2 Å². The number of hydrogen-bond donors (Lipinski definition) is 2. The highest BCUT2D eigenvalue weighted by Crippen LogP contribution is 2.25. The number of amides is 2. The van der Waals surface area contributed by atoms with Gasteiger partial charge in [-0.05, 0) is 40.9 Å². The molecule has 2 N–H and O–H groups in total. The van der Waals surface area contributed by atoms with Crippen molar-refractivity contribution in [2.75, 3.05) is 6.54 Å². The molecule has 0 atom stereocenters. The molecule has 0 bridgehead atoms. The van der Waals surface area contributed by atoms with Crippen LogP contribution in [0.25, 0.3) is 0 Å². The van der Waals surface area contributed by atoms with Crippen molar-refractivity contribution in [3.8, 4) is 0 Å². The van der Waals surface area contributed by atoms with E-state index in [0.29, 0.717) is 21.1 Å². The zero-order valence-electron chi connectivity index (χ0n) is 9.50. The highest BCUT2D eigenvalue weighted by atomic mass is 79.9. The monoisotopic (exact) mass is 330 g/mol. The normalized spacial score (nSPS) is 14.1. The van der Waals surface area contributed by atoms with Crippen LogP contribution in [-0.2, 0) is 4.79 Å². The van der Waals surface area contributed by atoms with Crippen molar-refractivity contribution in [3.63, 3.8) is 0 Å². The molecule has 1 aliphatic rings. The van der Waals surface area contributed by atoms with Gasteiger partial charge in [-0.15, -0.1) is 0 Å². The fraction of sp³-hybridized carbons (Fsp3) is 0.333. The Labute approximate surface area is 118 Å². The number of nitrogens with one attached hydrogen (secondary N) is 2. The smallest absolute Gasteiger partial charge is 0.253 e. The van der Waals surface area contributed by atoms with Crippen LogP contribution in [0, 0.1) is 0 Å². The van der Waals surface area contributed by atoms with Gasteiger partial charge in [0.2, 0.25) is 5.91 Å². The van der Waals surface area contributed by atoms with E-state index in [1.165, 1.54) is 0 Å². The van der Waals surface area contributed by atoms with Gasteiger partial charge in [0.15, 0.2) is 0 Å². The van der Waals surface area contributed by atoms with Gasteiger partial charge in [-0.2, -0.15) is 0 Å². The maximum Gasteiger partial charge on any atom is 0.253 e. The van der Waals surface area contributed by atoms with Gasteiger partial charge < -0.3 is 10.6 Å². The summed E-state index contributed by atoms with van der Waals surface area (Å²) in [7, 11) is 0. The van der Waals surface area contributed by atoms with E-state index < -0.39 is 0 Å². The molecule has 0 aromatic heterocycles. The Morgan fingerprint density at radius 1 is 1.39 bits per heavy atom. The molecular weight excluding hydrogens is 320 g/mol. The fourth-order valence-electron chi connectivity index (χ4n) is 1.44. The molecule has 1 aromatic rings. The summed E-state index contributed by atoms with van der Waals surface area (Å²) in [6.07, 6.45) is 2.05. The van der Waals surface area contributed by atoms with Crippen LogP contribution >= 0.6 is 27.5 Å². The molecule has 0 saturated heterocycles. The Morgan fingerprint density at radius 3 is 2.78 bits per heavy atom. The third kappa shape index (κ3) is 3.46. The first-order valence-electron chi connectivity index (χ1n) is 5.59. The molecule has 0 aliphatic heterocycles. The predicted molar refractivity (Wildman–Crippen MR) is 72.6 cm³/mol. The number of carbonyl (C=O) groups excluding carboxylic acids is 2. The molecule has 0 spiro atoms. The molecular formula is C12H12BrClN2O2. The third-order valence-electron chi connectivity index (χ3n) is 2.55. The van der Waals surface area contributed by atoms with Gasteiger partial charge in [-0.3, -0.25) is 9.59 Å². The number of carbonyl (C=O) groups is 2. The van der Waals surface area contributed by atoms with Crippen molar-refractivity contribution in [3.05, 3.63) is 33.3 Å². The summed E-state index contributed by atoms with van der Waals surface area (Å²) in [5.74, 6) is -0.524. The molecule has 1 fully saturated rings. The number of benzene rings is 1. The minimum absolute atomic E-state index is 0.0296. The van der Waals surface area contributed by atoms with E-state index in [-0.39, 0.29) is 18.4 Å². The summed E-state index contributed by atoms with van der Waals surface area (Å²) in [5, 5.41) is 5.68. The topological polar surface area (TPSA) is 58.2 Å². The third-order valence-corrected chi connectivity index (χ3v) is 3.84. The van der Waals surface area contributed by atoms with Gasteiger partial charge in [-0.25, -0.2) is 0 Å². The zero-order chi connectivity index (χ0) is 13.1. The molecule has 96 valence electrons. The van der Waals surface area contributed by atoms with Crippen molar-refractivity contribution < 1.29 is 9.59 Å².